The summed E-state index contributed by atoms with van der Waals surface area (Å²) in [5.74, 6) is -0.122. The number of ether oxygens (including phenoxy) is 3. The molecule has 1 aliphatic heterocycles. The van der Waals surface area contributed by atoms with E-state index in [2.05, 4.69) is 86.5 Å². The van der Waals surface area contributed by atoms with Gasteiger partial charge in [0.15, 0.2) is 5.65 Å². The molecule has 0 aliphatic carbocycles. The number of thiazole rings is 1. The Kier molecular flexibility index (Phi) is 13.1. The molecular weight excluding hydrogens is 853 g/mol. The second-order valence-electron chi connectivity index (χ2n) is 17.6. The number of esters is 1. The van der Waals surface area contributed by atoms with Gasteiger partial charge in [-0.1, -0.05) is 172 Å². The number of aromatic nitrogens is 3. The third kappa shape index (κ3) is 8.61. The molecule has 0 spiro atoms. The molecular formula is C52H56N4O7SSi. The number of fused-ring (bicyclic) bond motifs is 1. The van der Waals surface area contributed by atoms with Crippen LogP contribution in [0.3, 0.4) is 0 Å². The van der Waals surface area contributed by atoms with Gasteiger partial charge in [0.05, 0.1) is 19.3 Å². The molecule has 0 saturated carbocycles. The number of hydrogen-bond acceptors (Lipinski definition) is 10. The fourth-order valence-corrected chi connectivity index (χ4v) is 15.3. The molecule has 1 saturated heterocycles. The van der Waals surface area contributed by atoms with E-state index in [1.54, 1.807) is 7.11 Å². The second kappa shape index (κ2) is 18.8. The number of anilines is 1. The fraction of sp³-hybridized carbons (Fsp3) is 0.308. The summed E-state index contributed by atoms with van der Waals surface area (Å²) in [6.07, 6.45) is -1.54. The van der Waals surface area contributed by atoms with Crippen molar-refractivity contribution in [3.63, 3.8) is 0 Å². The van der Waals surface area contributed by atoms with Crippen LogP contribution in [0.2, 0.25) is 5.04 Å². The maximum absolute atomic E-state index is 14.4. The van der Waals surface area contributed by atoms with E-state index in [-0.39, 0.29) is 21.3 Å². The second-order valence-corrected chi connectivity index (χ2v) is 22.9. The zero-order valence-electron chi connectivity index (χ0n) is 37.8. The molecule has 5 atom stereocenters. The van der Waals surface area contributed by atoms with Gasteiger partial charge in [0.1, 0.15) is 28.3 Å². The Morgan fingerprint density at radius 2 is 1.37 bits per heavy atom. The number of rotatable bonds is 15. The van der Waals surface area contributed by atoms with Crippen LogP contribution in [-0.4, -0.2) is 54.2 Å². The molecule has 0 unspecified atom stereocenters. The van der Waals surface area contributed by atoms with Crippen molar-refractivity contribution >= 4 is 52.3 Å². The Balaban J connectivity index is 1.25. The van der Waals surface area contributed by atoms with Crippen LogP contribution in [0, 0.1) is 5.92 Å². The van der Waals surface area contributed by atoms with Crippen molar-refractivity contribution in [2.75, 3.05) is 12.4 Å². The van der Waals surface area contributed by atoms with Gasteiger partial charge in [0.2, 0.25) is 5.95 Å². The van der Waals surface area contributed by atoms with Crippen LogP contribution in [-0.2, 0) is 24.2 Å². The zero-order valence-corrected chi connectivity index (χ0v) is 39.6. The smallest absolute Gasteiger partial charge is 0.311 e. The van der Waals surface area contributed by atoms with Crippen LogP contribution in [0.15, 0.2) is 155 Å². The van der Waals surface area contributed by atoms with Gasteiger partial charge in [-0.05, 0) is 64.0 Å². The molecule has 0 radical (unpaired) electrons. The van der Waals surface area contributed by atoms with E-state index in [1.165, 1.54) is 11.5 Å². The van der Waals surface area contributed by atoms with Gasteiger partial charge in [0.25, 0.3) is 13.9 Å². The summed E-state index contributed by atoms with van der Waals surface area (Å²) < 4.78 is 27.8. The van der Waals surface area contributed by atoms with Crippen LogP contribution >= 0.6 is 11.3 Å². The highest BCUT2D eigenvalue weighted by Gasteiger charge is 2.54. The highest BCUT2D eigenvalue weighted by molar-refractivity contribution is 7.16. The van der Waals surface area contributed by atoms with Gasteiger partial charge >= 0.3 is 10.8 Å². The summed E-state index contributed by atoms with van der Waals surface area (Å²) in [6.45, 7) is 12.0. The van der Waals surface area contributed by atoms with Gasteiger partial charge in [-0.3, -0.25) is 23.9 Å². The van der Waals surface area contributed by atoms with Crippen molar-refractivity contribution in [3.8, 4) is 5.75 Å². The molecule has 7 aromatic rings. The molecule has 2 N–H and O–H groups in total. The van der Waals surface area contributed by atoms with Crippen molar-refractivity contribution in [2.24, 2.45) is 5.92 Å². The highest BCUT2D eigenvalue weighted by Crippen LogP contribution is 2.45. The molecule has 5 aromatic carbocycles. The molecule has 0 bridgehead atoms. The maximum Gasteiger partial charge on any atom is 0.311 e. The monoisotopic (exact) mass is 908 g/mol. The number of nitrogens with one attached hydrogen (secondary N) is 2. The zero-order chi connectivity index (χ0) is 45.9. The van der Waals surface area contributed by atoms with Crippen molar-refractivity contribution in [1.29, 1.82) is 0 Å². The summed E-state index contributed by atoms with van der Waals surface area (Å²) in [5, 5.41) is 5.63. The number of benzene rings is 5. The Hall–Kier alpha value is -6.12. The van der Waals surface area contributed by atoms with E-state index in [9.17, 15) is 14.4 Å². The van der Waals surface area contributed by atoms with E-state index >= 15 is 0 Å². The number of carbonyl (C=O) groups is 1. The summed E-state index contributed by atoms with van der Waals surface area (Å²) in [6, 6.07) is 48.5. The highest BCUT2D eigenvalue weighted by atomic mass is 32.1. The Morgan fingerprint density at radius 1 is 0.846 bits per heavy atom. The lowest BCUT2D eigenvalue weighted by atomic mass is 9.77. The predicted octanol–water partition coefficient (Wildman–Crippen LogP) is 8.77. The van der Waals surface area contributed by atoms with Crippen molar-refractivity contribution in [1.82, 2.24) is 14.5 Å². The van der Waals surface area contributed by atoms with Gasteiger partial charge < -0.3 is 24.0 Å². The number of methoxy groups -OCH3 is 1. The van der Waals surface area contributed by atoms with Gasteiger partial charge in [-0.2, -0.15) is 4.98 Å². The number of H-pyrrole nitrogens is 1. The standard InChI is InChI=1S/C52H56N4O7SSi/c1-8-43(63-65(51(4,5)6,40-25-17-11-18-26-40)41-27-19-12-20-28-41)44-33-42(34(2)61-35(3)57)48(62-44)56-46-45(64-50(56)59)47(58)54-49(53-46)55-52(36-21-13-9-14-22-36,37-23-15-10-16-24-37)38-29-31-39(60-7)32-30-38/h9-32,34,42-44,48H,8,33H2,1-7H3,(H2,53,54,55,58)/t34-,42-,43-,44-,48+/m0/s1. The summed E-state index contributed by atoms with van der Waals surface area (Å²) >= 11 is 0.810. The largest absolute Gasteiger partial charge is 0.497 e. The lowest BCUT2D eigenvalue weighted by molar-refractivity contribution is -0.150. The molecule has 2 aromatic heterocycles. The summed E-state index contributed by atoms with van der Waals surface area (Å²) in [4.78, 5) is 48.8. The van der Waals surface area contributed by atoms with Gasteiger partial charge in [-0.15, -0.1) is 0 Å². The Bertz CT molecular complexity index is 2750. The van der Waals surface area contributed by atoms with Crippen LogP contribution < -0.4 is 30.9 Å². The number of carbonyl (C=O) groups excluding carboxylic acids is 1. The normalized spacial score (nSPS) is 17.7. The molecule has 0 amide bonds. The lowest BCUT2D eigenvalue weighted by Crippen LogP contribution is -2.68. The molecule has 65 heavy (non-hydrogen) atoms. The first-order valence-electron chi connectivity index (χ1n) is 22.1. The van der Waals surface area contributed by atoms with Crippen LogP contribution in [0.1, 0.15) is 77.3 Å². The third-order valence-electron chi connectivity index (χ3n) is 12.7. The average Bonchev–Trinajstić information content (AvgIpc) is 3.90. The van der Waals surface area contributed by atoms with Gasteiger partial charge in [0, 0.05) is 12.8 Å². The summed E-state index contributed by atoms with van der Waals surface area (Å²) in [7, 11) is -1.43. The average molecular weight is 909 g/mol. The van der Waals surface area contributed by atoms with E-state index in [0.717, 1.165) is 38.4 Å². The molecule has 13 heteroatoms. The minimum absolute atomic E-state index is 0.137. The van der Waals surface area contributed by atoms with Crippen molar-refractivity contribution in [3.05, 3.63) is 182 Å². The number of hydrogen-bond donors (Lipinski definition) is 2. The van der Waals surface area contributed by atoms with Crippen LogP contribution in [0.4, 0.5) is 5.95 Å². The Morgan fingerprint density at radius 3 is 1.86 bits per heavy atom. The van der Waals surface area contributed by atoms with E-state index in [4.69, 9.17) is 23.6 Å². The van der Waals surface area contributed by atoms with Crippen LogP contribution in [0.25, 0.3) is 10.3 Å². The maximum atomic E-state index is 14.4. The first kappa shape index (κ1) is 45.4. The number of nitrogens with zero attached hydrogens (tertiary/aromatic N) is 2. The molecule has 11 nitrogen and oxygen atoms in total. The number of aromatic amines is 1. The Labute approximate surface area is 384 Å². The quantitative estimate of drug-likeness (QED) is 0.0589. The lowest BCUT2D eigenvalue weighted by Gasteiger charge is -2.46. The minimum atomic E-state index is -3.05. The van der Waals surface area contributed by atoms with E-state index in [0.29, 0.717) is 18.6 Å². The summed E-state index contributed by atoms with van der Waals surface area (Å²) in [5.41, 5.74) is 1.21. The van der Waals surface area contributed by atoms with Crippen molar-refractivity contribution in [2.45, 2.75) is 89.5 Å². The van der Waals surface area contributed by atoms with E-state index < -0.39 is 60.7 Å². The topological polar surface area (TPSA) is 134 Å². The van der Waals surface area contributed by atoms with Crippen LogP contribution in [0.5, 0.6) is 5.75 Å². The molecule has 3 heterocycles. The molecule has 336 valence electrons. The predicted molar refractivity (Wildman–Crippen MR) is 260 cm³/mol. The fourth-order valence-electron chi connectivity index (χ4n) is 9.65. The minimum Gasteiger partial charge on any atom is -0.497 e. The van der Waals surface area contributed by atoms with E-state index in [1.807, 2.05) is 104 Å². The molecule has 8 rings (SSSR count). The molecule has 1 fully saturated rings. The molecule has 1 aliphatic rings. The first-order chi connectivity index (χ1) is 31.3. The SMILES string of the molecule is CC[C@H](O[Si](c1ccccc1)(c1ccccc1)C(C)(C)C)[C@@H]1C[C@@H]([C@H](C)OC(C)=O)[C@H](n2c(=O)sc3c(=O)[nH]c(NC(c4ccccc4)(c4ccccc4)c4ccc(OC)cc4)nc32)O1. The first-order valence-corrected chi connectivity index (χ1v) is 24.8. The third-order valence-corrected chi connectivity index (χ3v) is 18.7. The van der Waals surface area contributed by atoms with Gasteiger partial charge in [-0.25, -0.2) is 0 Å². The van der Waals surface area contributed by atoms with Crippen molar-refractivity contribution < 1.29 is 23.4 Å².